The quantitative estimate of drug-likeness (QED) is 0.427. The van der Waals surface area contributed by atoms with Gasteiger partial charge in [-0.2, -0.15) is 13.2 Å². The van der Waals surface area contributed by atoms with E-state index in [0.29, 0.717) is 38.9 Å². The van der Waals surface area contributed by atoms with E-state index in [-0.39, 0.29) is 18.8 Å². The number of furan rings is 1. The fraction of sp³-hybridized carbons (Fsp3) is 0.143. The van der Waals surface area contributed by atoms with Crippen molar-refractivity contribution in [2.24, 2.45) is 0 Å². The van der Waals surface area contributed by atoms with Crippen molar-refractivity contribution in [3.05, 3.63) is 76.2 Å². The Morgan fingerprint density at radius 3 is 2.50 bits per heavy atom. The van der Waals surface area contributed by atoms with Crippen molar-refractivity contribution in [3.63, 3.8) is 0 Å². The van der Waals surface area contributed by atoms with E-state index in [0.717, 1.165) is 5.39 Å². The summed E-state index contributed by atoms with van der Waals surface area (Å²) in [6, 6.07) is 16.9. The van der Waals surface area contributed by atoms with Crippen LogP contribution in [0.2, 0.25) is 0 Å². The van der Waals surface area contributed by atoms with Crippen LogP contribution in [-0.2, 0) is 19.4 Å². The van der Waals surface area contributed by atoms with Crippen LogP contribution >= 0.6 is 11.3 Å². The molecule has 0 bridgehead atoms. The zero-order chi connectivity index (χ0) is 19.7. The molecular formula is C21H15F3O3S. The average molecular weight is 404 g/mol. The van der Waals surface area contributed by atoms with Crippen LogP contribution in [0.5, 0.6) is 5.75 Å². The first-order valence-electron chi connectivity index (χ1n) is 8.45. The fourth-order valence-corrected chi connectivity index (χ4v) is 3.91. The molecule has 0 amide bonds. The molecule has 2 aromatic heterocycles. The van der Waals surface area contributed by atoms with Crippen molar-refractivity contribution in [1.29, 1.82) is 0 Å². The lowest BCUT2D eigenvalue weighted by Crippen LogP contribution is -2.03. The summed E-state index contributed by atoms with van der Waals surface area (Å²) in [5, 5.41) is 9.89. The molecule has 0 spiro atoms. The Labute approximate surface area is 162 Å². The molecule has 0 aliphatic carbocycles. The van der Waals surface area contributed by atoms with Gasteiger partial charge in [0.05, 0.1) is 0 Å². The number of thiophene rings is 1. The molecule has 2 aromatic carbocycles. The van der Waals surface area contributed by atoms with Crippen LogP contribution in [0.4, 0.5) is 13.2 Å². The number of halogens is 3. The lowest BCUT2D eigenvalue weighted by molar-refractivity contribution is -0.133. The Hall–Kier alpha value is -2.77. The van der Waals surface area contributed by atoms with E-state index in [2.05, 4.69) is 0 Å². The summed E-state index contributed by atoms with van der Waals surface area (Å²) < 4.78 is 51.5. The Morgan fingerprint density at radius 1 is 1.00 bits per heavy atom. The van der Waals surface area contributed by atoms with E-state index in [9.17, 15) is 13.2 Å². The summed E-state index contributed by atoms with van der Waals surface area (Å²) in [6.45, 7) is -0.181. The highest BCUT2D eigenvalue weighted by atomic mass is 32.1. The van der Waals surface area contributed by atoms with Crippen molar-refractivity contribution < 1.29 is 27.4 Å². The summed E-state index contributed by atoms with van der Waals surface area (Å²) in [5.41, 5.74) is 1.29. The maximum Gasteiger partial charge on any atom is 0.426 e. The molecule has 144 valence electrons. The maximum absolute atomic E-state index is 13.5. The molecule has 0 radical (unpaired) electrons. The molecule has 4 rings (SSSR count). The van der Waals surface area contributed by atoms with E-state index in [1.165, 1.54) is 6.07 Å². The third-order valence-corrected chi connectivity index (χ3v) is 5.35. The number of ether oxygens (including phenoxy) is 1. The van der Waals surface area contributed by atoms with Gasteiger partial charge in [-0.25, -0.2) is 0 Å². The topological polar surface area (TPSA) is 42.6 Å². The summed E-state index contributed by atoms with van der Waals surface area (Å²) in [5.74, 6) is 0.953. The molecule has 0 aliphatic rings. The molecule has 1 N–H and O–H groups in total. The molecule has 0 unspecified atom stereocenters. The largest absolute Gasteiger partial charge is 0.488 e. The second kappa shape index (κ2) is 7.33. The molecule has 28 heavy (non-hydrogen) atoms. The van der Waals surface area contributed by atoms with Gasteiger partial charge in [0.2, 0.25) is 0 Å². The fourth-order valence-electron chi connectivity index (χ4n) is 2.95. The van der Waals surface area contributed by atoms with Gasteiger partial charge in [-0.15, -0.1) is 11.3 Å². The van der Waals surface area contributed by atoms with Crippen molar-refractivity contribution in [3.8, 4) is 16.9 Å². The van der Waals surface area contributed by atoms with Crippen molar-refractivity contribution >= 4 is 22.3 Å². The van der Waals surface area contributed by atoms with Gasteiger partial charge < -0.3 is 14.3 Å². The van der Waals surface area contributed by atoms with Gasteiger partial charge in [0.15, 0.2) is 0 Å². The molecule has 0 saturated heterocycles. The Balaban J connectivity index is 1.59. The number of alkyl halides is 3. The molecular weight excluding hydrogens is 389 g/mol. The minimum atomic E-state index is -4.43. The van der Waals surface area contributed by atoms with E-state index < -0.39 is 11.1 Å². The highest BCUT2D eigenvalue weighted by Gasteiger charge is 2.36. The Morgan fingerprint density at radius 2 is 1.79 bits per heavy atom. The van der Waals surface area contributed by atoms with Gasteiger partial charge in [-0.1, -0.05) is 30.3 Å². The molecule has 3 nitrogen and oxygen atoms in total. The van der Waals surface area contributed by atoms with E-state index in [1.807, 2.05) is 0 Å². The third kappa shape index (κ3) is 3.76. The first kappa shape index (κ1) is 18.6. The predicted octanol–water partition coefficient (Wildman–Crippen LogP) is 6.25. The van der Waals surface area contributed by atoms with Crippen LogP contribution < -0.4 is 4.74 Å². The van der Waals surface area contributed by atoms with Crippen molar-refractivity contribution in [2.75, 3.05) is 0 Å². The summed E-state index contributed by atoms with van der Waals surface area (Å²) >= 11 is 0.690. The molecule has 0 fully saturated rings. The number of aliphatic hydroxyl groups is 1. The molecule has 0 aliphatic heterocycles. The molecule has 4 aromatic rings. The highest BCUT2D eigenvalue weighted by molar-refractivity contribution is 7.12. The molecule has 7 heteroatoms. The SMILES string of the molecule is OCc1cc2cc(OCc3cc(-c4ccccc4)c(C(F)(F)F)s3)ccc2o1. The maximum atomic E-state index is 13.5. The van der Waals surface area contributed by atoms with Crippen molar-refractivity contribution in [2.45, 2.75) is 19.4 Å². The van der Waals surface area contributed by atoms with Crippen LogP contribution in [0.15, 0.2) is 65.1 Å². The number of hydrogen-bond acceptors (Lipinski definition) is 4. The minimum absolute atomic E-state index is 0.0246. The minimum Gasteiger partial charge on any atom is -0.488 e. The smallest absolute Gasteiger partial charge is 0.426 e. The normalized spacial score (nSPS) is 11.9. The zero-order valence-electron chi connectivity index (χ0n) is 14.5. The Kier molecular flexibility index (Phi) is 4.87. The number of fused-ring (bicyclic) bond motifs is 1. The monoisotopic (exact) mass is 404 g/mol. The number of rotatable bonds is 5. The van der Waals surface area contributed by atoms with Gasteiger partial charge in [0, 0.05) is 15.8 Å². The summed E-state index contributed by atoms with van der Waals surface area (Å²) in [6.07, 6.45) is -4.43. The average Bonchev–Trinajstić information content (AvgIpc) is 3.30. The van der Waals surface area contributed by atoms with Gasteiger partial charge in [-0.05, 0) is 35.9 Å². The highest BCUT2D eigenvalue weighted by Crippen LogP contribution is 2.43. The van der Waals surface area contributed by atoms with Crippen LogP contribution in [-0.4, -0.2) is 5.11 Å². The molecule has 2 heterocycles. The van der Waals surface area contributed by atoms with Crippen LogP contribution in [0.25, 0.3) is 22.1 Å². The standard InChI is InChI=1S/C21H15F3O3S/c22-21(23,24)20-18(13-4-2-1-3-5-13)10-17(28-20)12-26-15-6-7-19-14(8-15)9-16(11-25)27-19/h1-10,25H,11-12H2. The number of hydrogen-bond donors (Lipinski definition) is 1. The van der Waals surface area contributed by atoms with Crippen LogP contribution in [0, 0.1) is 0 Å². The van der Waals surface area contributed by atoms with Gasteiger partial charge in [-0.3, -0.25) is 0 Å². The van der Waals surface area contributed by atoms with E-state index >= 15 is 0 Å². The van der Waals surface area contributed by atoms with E-state index in [4.69, 9.17) is 14.3 Å². The van der Waals surface area contributed by atoms with Crippen LogP contribution in [0.1, 0.15) is 15.5 Å². The molecule has 0 atom stereocenters. The van der Waals surface area contributed by atoms with Gasteiger partial charge in [0.1, 0.15) is 35.2 Å². The Bertz CT molecular complexity index is 1100. The summed E-state index contributed by atoms with van der Waals surface area (Å²) in [4.78, 5) is -0.148. The lowest BCUT2D eigenvalue weighted by Gasteiger charge is -2.07. The van der Waals surface area contributed by atoms with Gasteiger partial charge in [0.25, 0.3) is 0 Å². The van der Waals surface area contributed by atoms with Crippen LogP contribution in [0.3, 0.4) is 0 Å². The van der Waals surface area contributed by atoms with Crippen molar-refractivity contribution in [1.82, 2.24) is 0 Å². The second-order valence-corrected chi connectivity index (χ2v) is 7.32. The molecule has 0 saturated carbocycles. The second-order valence-electron chi connectivity index (χ2n) is 6.18. The van der Waals surface area contributed by atoms with E-state index in [1.54, 1.807) is 54.6 Å². The zero-order valence-corrected chi connectivity index (χ0v) is 15.3. The number of aliphatic hydroxyl groups excluding tert-OH is 1. The number of benzene rings is 2. The summed E-state index contributed by atoms with van der Waals surface area (Å²) in [7, 11) is 0. The predicted molar refractivity (Wildman–Crippen MR) is 101 cm³/mol. The van der Waals surface area contributed by atoms with Gasteiger partial charge >= 0.3 is 6.18 Å². The third-order valence-electron chi connectivity index (χ3n) is 4.20. The first-order valence-corrected chi connectivity index (χ1v) is 9.27. The lowest BCUT2D eigenvalue weighted by atomic mass is 10.1. The first-order chi connectivity index (χ1) is 13.4.